The number of hydrogen-bond acceptors (Lipinski definition) is 4. The molecule has 0 radical (unpaired) electrons. The third-order valence-electron chi connectivity index (χ3n) is 4.37. The molecular formula is C18H28ClN2O4+. The number of carbonyl (C=O) groups is 1. The van der Waals surface area contributed by atoms with Crippen LogP contribution < -0.4 is 9.64 Å². The zero-order valence-corrected chi connectivity index (χ0v) is 15.9. The molecule has 1 fully saturated rings. The summed E-state index contributed by atoms with van der Waals surface area (Å²) >= 11 is 6.15. The Balaban J connectivity index is 1.74. The number of hydrogen-bond donors (Lipinski definition) is 2. The molecule has 1 aliphatic heterocycles. The van der Waals surface area contributed by atoms with Gasteiger partial charge in [-0.05, 0) is 44.0 Å². The van der Waals surface area contributed by atoms with Gasteiger partial charge in [-0.3, -0.25) is 4.90 Å². The summed E-state index contributed by atoms with van der Waals surface area (Å²) in [4.78, 5) is 14.7. The molecule has 2 N–H and O–H groups in total. The minimum absolute atomic E-state index is 0.242. The summed E-state index contributed by atoms with van der Waals surface area (Å²) < 4.78 is 10.7. The first-order valence-electron chi connectivity index (χ1n) is 8.73. The Labute approximate surface area is 154 Å². The van der Waals surface area contributed by atoms with Gasteiger partial charge < -0.3 is 19.5 Å². The fourth-order valence-electron chi connectivity index (χ4n) is 3.00. The van der Waals surface area contributed by atoms with Crippen LogP contribution in [-0.4, -0.2) is 68.1 Å². The van der Waals surface area contributed by atoms with Gasteiger partial charge in [-0.15, -0.1) is 0 Å². The minimum Gasteiger partial charge on any atom is -0.491 e. The molecule has 0 unspecified atom stereocenters. The first kappa shape index (κ1) is 19.8. The van der Waals surface area contributed by atoms with Crippen molar-refractivity contribution in [2.24, 2.45) is 0 Å². The monoisotopic (exact) mass is 371 g/mol. The highest BCUT2D eigenvalue weighted by Crippen LogP contribution is 2.25. The largest absolute Gasteiger partial charge is 0.491 e. The Morgan fingerprint density at radius 3 is 2.48 bits per heavy atom. The highest BCUT2D eigenvalue weighted by atomic mass is 35.5. The van der Waals surface area contributed by atoms with Crippen LogP contribution in [0.2, 0.25) is 5.02 Å². The standard InChI is InChI=1S/C18H27ClN2O4/c1-4-24-18(23)21-7-5-20(6-8-21)11-15(22)12-25-16-9-13(2)17(19)14(3)10-16/h9-10,15,22H,4-8,11-12H2,1-3H3/p+1/t15-/m1/s1. The molecule has 1 aliphatic rings. The molecule has 0 spiro atoms. The van der Waals surface area contributed by atoms with Crippen molar-refractivity contribution in [1.82, 2.24) is 4.90 Å². The average molecular weight is 372 g/mol. The predicted octanol–water partition coefficient (Wildman–Crippen LogP) is 1.05. The number of quaternary nitrogens is 1. The van der Waals surface area contributed by atoms with E-state index in [2.05, 4.69) is 0 Å². The lowest BCUT2D eigenvalue weighted by atomic mass is 10.1. The van der Waals surface area contributed by atoms with E-state index in [9.17, 15) is 9.90 Å². The van der Waals surface area contributed by atoms with Gasteiger partial charge in [0, 0.05) is 5.02 Å². The highest BCUT2D eigenvalue weighted by molar-refractivity contribution is 6.32. The van der Waals surface area contributed by atoms with Crippen LogP contribution in [-0.2, 0) is 4.74 Å². The van der Waals surface area contributed by atoms with Crippen LogP contribution in [0, 0.1) is 13.8 Å². The van der Waals surface area contributed by atoms with Crippen LogP contribution in [0.15, 0.2) is 12.1 Å². The van der Waals surface area contributed by atoms with Gasteiger partial charge in [-0.25, -0.2) is 4.79 Å². The van der Waals surface area contributed by atoms with Gasteiger partial charge in [-0.2, -0.15) is 0 Å². The van der Waals surface area contributed by atoms with E-state index in [1.807, 2.05) is 26.0 Å². The van der Waals surface area contributed by atoms with E-state index < -0.39 is 6.10 Å². The number of aryl methyl sites for hydroxylation is 2. The number of ether oxygens (including phenoxy) is 2. The summed E-state index contributed by atoms with van der Waals surface area (Å²) in [5, 5.41) is 11.0. The van der Waals surface area contributed by atoms with Gasteiger partial charge in [0.1, 0.15) is 25.0 Å². The van der Waals surface area contributed by atoms with Crippen LogP contribution in [0.25, 0.3) is 0 Å². The Morgan fingerprint density at radius 2 is 1.92 bits per heavy atom. The third kappa shape index (κ3) is 5.76. The number of aliphatic hydroxyl groups is 1. The Morgan fingerprint density at radius 1 is 1.32 bits per heavy atom. The fourth-order valence-corrected chi connectivity index (χ4v) is 3.11. The quantitative estimate of drug-likeness (QED) is 0.784. The zero-order valence-electron chi connectivity index (χ0n) is 15.2. The summed E-state index contributed by atoms with van der Waals surface area (Å²) in [6.07, 6.45) is -0.806. The van der Waals surface area contributed by atoms with Crippen LogP contribution in [0.3, 0.4) is 0 Å². The van der Waals surface area contributed by atoms with Crippen LogP contribution in [0.4, 0.5) is 4.79 Å². The third-order valence-corrected chi connectivity index (χ3v) is 4.97. The van der Waals surface area contributed by atoms with Crippen molar-refractivity contribution >= 4 is 17.7 Å². The number of amides is 1. The van der Waals surface area contributed by atoms with Crippen molar-refractivity contribution in [2.75, 3.05) is 45.9 Å². The molecule has 7 heteroatoms. The molecule has 0 aliphatic carbocycles. The van der Waals surface area contributed by atoms with Crippen LogP contribution in [0.1, 0.15) is 18.1 Å². The molecule has 140 valence electrons. The number of nitrogens with zero attached hydrogens (tertiary/aromatic N) is 1. The van der Waals surface area contributed by atoms with Crippen molar-refractivity contribution in [3.8, 4) is 5.75 Å². The summed E-state index contributed by atoms with van der Waals surface area (Å²) in [7, 11) is 0. The summed E-state index contributed by atoms with van der Waals surface area (Å²) in [6, 6.07) is 3.76. The van der Waals surface area contributed by atoms with Crippen molar-refractivity contribution in [1.29, 1.82) is 0 Å². The van der Waals surface area contributed by atoms with E-state index >= 15 is 0 Å². The topological polar surface area (TPSA) is 63.4 Å². The zero-order chi connectivity index (χ0) is 18.4. The molecular weight excluding hydrogens is 344 g/mol. The van der Waals surface area contributed by atoms with Crippen molar-refractivity contribution in [3.05, 3.63) is 28.3 Å². The van der Waals surface area contributed by atoms with Gasteiger partial charge in [0.25, 0.3) is 0 Å². The van der Waals surface area contributed by atoms with Gasteiger partial charge in [-0.1, -0.05) is 11.6 Å². The van der Waals surface area contributed by atoms with Gasteiger partial charge in [0.15, 0.2) is 0 Å². The smallest absolute Gasteiger partial charge is 0.410 e. The average Bonchev–Trinajstić information content (AvgIpc) is 2.58. The summed E-state index contributed by atoms with van der Waals surface area (Å²) in [6.45, 7) is 9.81. The molecule has 2 rings (SSSR count). The van der Waals surface area contributed by atoms with Gasteiger partial charge in [0.05, 0.1) is 32.8 Å². The summed E-state index contributed by atoms with van der Waals surface area (Å²) in [5.74, 6) is 0.723. The van der Waals surface area contributed by atoms with Gasteiger partial charge in [0.2, 0.25) is 0 Å². The second-order valence-electron chi connectivity index (χ2n) is 6.48. The van der Waals surface area contributed by atoms with E-state index in [-0.39, 0.29) is 12.7 Å². The maximum atomic E-state index is 11.7. The highest BCUT2D eigenvalue weighted by Gasteiger charge is 2.26. The Hall–Kier alpha value is -1.50. The van der Waals surface area contributed by atoms with Gasteiger partial charge >= 0.3 is 6.09 Å². The normalized spacial score (nSPS) is 16.6. The van der Waals surface area contributed by atoms with Crippen molar-refractivity contribution in [2.45, 2.75) is 26.9 Å². The molecule has 25 heavy (non-hydrogen) atoms. The second-order valence-corrected chi connectivity index (χ2v) is 6.85. The Bertz CT molecular complexity index is 565. The van der Waals surface area contributed by atoms with E-state index in [0.717, 1.165) is 35.0 Å². The lowest BCUT2D eigenvalue weighted by Crippen LogP contribution is -3.16. The van der Waals surface area contributed by atoms with Crippen LogP contribution >= 0.6 is 11.6 Å². The van der Waals surface area contributed by atoms with E-state index in [1.54, 1.807) is 11.8 Å². The number of carbonyl (C=O) groups excluding carboxylic acids is 1. The van der Waals surface area contributed by atoms with Crippen LogP contribution in [0.5, 0.6) is 5.75 Å². The van der Waals surface area contributed by atoms with E-state index in [0.29, 0.717) is 26.2 Å². The summed E-state index contributed by atoms with van der Waals surface area (Å²) in [5.41, 5.74) is 1.93. The fraction of sp³-hybridized carbons (Fsp3) is 0.611. The molecule has 1 amide bonds. The maximum Gasteiger partial charge on any atom is 0.410 e. The van der Waals surface area contributed by atoms with Crippen molar-refractivity contribution < 1.29 is 24.3 Å². The molecule has 1 aromatic carbocycles. The number of benzene rings is 1. The predicted molar refractivity (Wildman–Crippen MR) is 96.6 cm³/mol. The molecule has 0 bridgehead atoms. The molecule has 0 saturated carbocycles. The second kappa shape index (κ2) is 9.27. The number of nitrogens with one attached hydrogen (secondary N) is 1. The van der Waals surface area contributed by atoms with E-state index in [4.69, 9.17) is 21.1 Å². The molecule has 1 saturated heterocycles. The number of aliphatic hydroxyl groups excluding tert-OH is 1. The molecule has 1 atom stereocenters. The minimum atomic E-state index is -0.555. The SMILES string of the molecule is CCOC(=O)N1CC[NH+](C[C@@H](O)COc2cc(C)c(Cl)c(C)c2)CC1. The molecule has 1 heterocycles. The number of piperazine rings is 1. The molecule has 6 nitrogen and oxygen atoms in total. The molecule has 1 aromatic rings. The Kier molecular flexibility index (Phi) is 7.35. The number of rotatable bonds is 6. The maximum absolute atomic E-state index is 11.7. The first-order valence-corrected chi connectivity index (χ1v) is 9.11. The molecule has 0 aromatic heterocycles. The lowest BCUT2D eigenvalue weighted by Gasteiger charge is -2.32. The number of halogens is 1. The van der Waals surface area contributed by atoms with E-state index in [1.165, 1.54) is 4.90 Å². The first-order chi connectivity index (χ1) is 11.9. The lowest BCUT2D eigenvalue weighted by molar-refractivity contribution is -0.907. The van der Waals surface area contributed by atoms with Crippen molar-refractivity contribution in [3.63, 3.8) is 0 Å².